The van der Waals surface area contributed by atoms with Crippen LogP contribution in [0.5, 0.6) is 0 Å². The van der Waals surface area contributed by atoms with E-state index in [1.165, 1.54) is 51.6 Å². The van der Waals surface area contributed by atoms with Crippen molar-refractivity contribution in [2.75, 3.05) is 52.6 Å². The number of ether oxygens (including phenoxy) is 2. The SMILES string of the molecule is CCNC(=NCCCOCC1CCOC1)N1CCC2(CCCCC2)C1. The average Bonchev–Trinajstić information content (AvgIpc) is 3.28. The second-order valence-electron chi connectivity index (χ2n) is 8.13. The minimum Gasteiger partial charge on any atom is -0.381 e. The Morgan fingerprint density at radius 2 is 2.16 bits per heavy atom. The van der Waals surface area contributed by atoms with Crippen LogP contribution in [0.3, 0.4) is 0 Å². The highest BCUT2D eigenvalue weighted by Gasteiger charge is 2.39. The number of aliphatic imine (C=N–C) groups is 1. The predicted molar refractivity (Wildman–Crippen MR) is 102 cm³/mol. The first-order valence-corrected chi connectivity index (χ1v) is 10.5. The molecule has 3 fully saturated rings. The zero-order valence-electron chi connectivity index (χ0n) is 16.1. The van der Waals surface area contributed by atoms with Gasteiger partial charge in [0.1, 0.15) is 0 Å². The van der Waals surface area contributed by atoms with Gasteiger partial charge in [-0.15, -0.1) is 0 Å². The molecule has 3 rings (SSSR count). The van der Waals surface area contributed by atoms with E-state index in [-0.39, 0.29) is 0 Å². The highest BCUT2D eigenvalue weighted by atomic mass is 16.5. The smallest absolute Gasteiger partial charge is 0.193 e. The van der Waals surface area contributed by atoms with Crippen LogP contribution in [0.25, 0.3) is 0 Å². The molecule has 2 heterocycles. The van der Waals surface area contributed by atoms with Gasteiger partial charge >= 0.3 is 0 Å². The fraction of sp³-hybridized carbons (Fsp3) is 0.950. The van der Waals surface area contributed by atoms with E-state index < -0.39 is 0 Å². The van der Waals surface area contributed by atoms with E-state index in [1.54, 1.807) is 0 Å². The van der Waals surface area contributed by atoms with Crippen LogP contribution in [0.2, 0.25) is 0 Å². The largest absolute Gasteiger partial charge is 0.381 e. The molecule has 0 aromatic heterocycles. The highest BCUT2D eigenvalue weighted by Crippen LogP contribution is 2.43. The Morgan fingerprint density at radius 1 is 1.28 bits per heavy atom. The molecule has 1 N–H and O–H groups in total. The van der Waals surface area contributed by atoms with Crippen LogP contribution in [0.1, 0.15) is 58.3 Å². The van der Waals surface area contributed by atoms with Crippen LogP contribution < -0.4 is 5.32 Å². The van der Waals surface area contributed by atoms with Gasteiger partial charge in [-0.3, -0.25) is 4.99 Å². The van der Waals surface area contributed by atoms with E-state index in [2.05, 4.69) is 17.1 Å². The Kier molecular flexibility index (Phi) is 7.41. The topological polar surface area (TPSA) is 46.1 Å². The van der Waals surface area contributed by atoms with E-state index in [9.17, 15) is 0 Å². The second kappa shape index (κ2) is 9.77. The van der Waals surface area contributed by atoms with Crippen molar-refractivity contribution >= 4 is 5.96 Å². The van der Waals surface area contributed by atoms with E-state index in [0.717, 1.165) is 58.3 Å². The summed E-state index contributed by atoms with van der Waals surface area (Å²) in [6.45, 7) is 9.77. The van der Waals surface area contributed by atoms with Gasteiger partial charge in [0.2, 0.25) is 0 Å². The Morgan fingerprint density at radius 3 is 2.92 bits per heavy atom. The van der Waals surface area contributed by atoms with E-state index in [0.29, 0.717) is 11.3 Å². The van der Waals surface area contributed by atoms with Gasteiger partial charge in [0.25, 0.3) is 0 Å². The number of nitrogens with one attached hydrogen (secondary N) is 1. The van der Waals surface area contributed by atoms with Crippen LogP contribution in [0, 0.1) is 11.3 Å². The van der Waals surface area contributed by atoms with Gasteiger partial charge in [-0.1, -0.05) is 19.3 Å². The van der Waals surface area contributed by atoms with Crippen molar-refractivity contribution in [3.05, 3.63) is 0 Å². The lowest BCUT2D eigenvalue weighted by Gasteiger charge is -2.33. The lowest BCUT2D eigenvalue weighted by Crippen LogP contribution is -2.41. The number of rotatable bonds is 7. The summed E-state index contributed by atoms with van der Waals surface area (Å²) >= 11 is 0. The maximum Gasteiger partial charge on any atom is 0.193 e. The van der Waals surface area contributed by atoms with E-state index in [4.69, 9.17) is 14.5 Å². The molecule has 0 amide bonds. The highest BCUT2D eigenvalue weighted by molar-refractivity contribution is 5.80. The normalized spacial score (nSPS) is 26.5. The predicted octanol–water partition coefficient (Wildman–Crippen LogP) is 3.05. The molecule has 2 saturated heterocycles. The molecule has 5 heteroatoms. The standard InChI is InChI=1S/C20H37N3O2/c1-2-21-19(22-11-6-13-24-15-18-7-14-25-16-18)23-12-10-20(17-23)8-4-3-5-9-20/h18H,2-17H2,1H3,(H,21,22). The van der Waals surface area contributed by atoms with Crippen LogP contribution in [0.4, 0.5) is 0 Å². The molecule has 5 nitrogen and oxygen atoms in total. The van der Waals surface area contributed by atoms with Crippen LogP contribution in [0.15, 0.2) is 4.99 Å². The van der Waals surface area contributed by atoms with Gasteiger partial charge in [0.05, 0.1) is 13.2 Å². The van der Waals surface area contributed by atoms with Crippen LogP contribution in [-0.4, -0.2) is 63.5 Å². The summed E-state index contributed by atoms with van der Waals surface area (Å²) in [6, 6.07) is 0. The molecule has 0 aromatic rings. The molecule has 1 saturated carbocycles. The van der Waals surface area contributed by atoms with Gasteiger partial charge in [0.15, 0.2) is 5.96 Å². The molecule has 1 unspecified atom stereocenters. The number of nitrogens with zero attached hydrogens (tertiary/aromatic N) is 2. The van der Waals surface area contributed by atoms with Crippen molar-refractivity contribution in [2.45, 2.75) is 58.3 Å². The Labute approximate surface area is 153 Å². The lowest BCUT2D eigenvalue weighted by molar-refractivity contribution is 0.0893. The van der Waals surface area contributed by atoms with Crippen molar-refractivity contribution in [2.24, 2.45) is 16.3 Å². The van der Waals surface area contributed by atoms with Gasteiger partial charge in [-0.2, -0.15) is 0 Å². The quantitative estimate of drug-likeness (QED) is 0.435. The molecule has 25 heavy (non-hydrogen) atoms. The summed E-state index contributed by atoms with van der Waals surface area (Å²) < 4.78 is 11.2. The summed E-state index contributed by atoms with van der Waals surface area (Å²) in [5, 5.41) is 3.50. The fourth-order valence-corrected chi connectivity index (χ4v) is 4.57. The number of hydrogen-bond donors (Lipinski definition) is 1. The maximum atomic E-state index is 5.79. The monoisotopic (exact) mass is 351 g/mol. The van der Waals surface area contributed by atoms with Crippen molar-refractivity contribution in [1.82, 2.24) is 10.2 Å². The number of hydrogen-bond acceptors (Lipinski definition) is 3. The van der Waals surface area contributed by atoms with Gasteiger partial charge in [-0.25, -0.2) is 0 Å². The minimum atomic E-state index is 0.584. The second-order valence-corrected chi connectivity index (χ2v) is 8.13. The molecule has 1 atom stereocenters. The van der Waals surface area contributed by atoms with Crippen molar-refractivity contribution in [3.63, 3.8) is 0 Å². The third kappa shape index (κ3) is 5.58. The summed E-state index contributed by atoms with van der Waals surface area (Å²) in [5.74, 6) is 1.73. The number of likely N-dealkylation sites (tertiary alicyclic amines) is 1. The first kappa shape index (κ1) is 19.0. The molecular formula is C20H37N3O2. The van der Waals surface area contributed by atoms with Crippen molar-refractivity contribution in [3.8, 4) is 0 Å². The first-order valence-electron chi connectivity index (χ1n) is 10.5. The summed E-state index contributed by atoms with van der Waals surface area (Å²) in [5.41, 5.74) is 0.584. The average molecular weight is 352 g/mol. The van der Waals surface area contributed by atoms with Gasteiger partial charge in [0, 0.05) is 45.3 Å². The Balaban J connectivity index is 1.38. The van der Waals surface area contributed by atoms with Crippen molar-refractivity contribution in [1.29, 1.82) is 0 Å². The molecule has 0 aromatic carbocycles. The summed E-state index contributed by atoms with van der Waals surface area (Å²) in [6.07, 6.45) is 10.6. The van der Waals surface area contributed by atoms with Crippen molar-refractivity contribution < 1.29 is 9.47 Å². The van der Waals surface area contributed by atoms with Crippen LogP contribution in [-0.2, 0) is 9.47 Å². The molecule has 0 bridgehead atoms. The zero-order valence-corrected chi connectivity index (χ0v) is 16.1. The van der Waals surface area contributed by atoms with E-state index >= 15 is 0 Å². The van der Waals surface area contributed by atoms with Gasteiger partial charge in [-0.05, 0) is 44.4 Å². The Hall–Kier alpha value is -0.810. The molecular weight excluding hydrogens is 314 g/mol. The molecule has 0 radical (unpaired) electrons. The van der Waals surface area contributed by atoms with E-state index in [1.807, 2.05) is 0 Å². The first-order chi connectivity index (χ1) is 12.3. The summed E-state index contributed by atoms with van der Waals surface area (Å²) in [7, 11) is 0. The molecule has 1 aliphatic carbocycles. The minimum absolute atomic E-state index is 0.584. The molecule has 3 aliphatic rings. The van der Waals surface area contributed by atoms with Crippen LogP contribution >= 0.6 is 0 Å². The lowest BCUT2D eigenvalue weighted by atomic mass is 9.73. The molecule has 1 spiro atoms. The number of guanidine groups is 1. The maximum absolute atomic E-state index is 5.79. The third-order valence-electron chi connectivity index (χ3n) is 6.07. The third-order valence-corrected chi connectivity index (χ3v) is 6.07. The van der Waals surface area contributed by atoms with Gasteiger partial charge < -0.3 is 19.7 Å². The fourth-order valence-electron chi connectivity index (χ4n) is 4.57. The Bertz CT molecular complexity index is 415. The summed E-state index contributed by atoms with van der Waals surface area (Å²) in [4.78, 5) is 7.38. The zero-order chi connectivity index (χ0) is 17.4. The molecule has 144 valence electrons. The molecule has 2 aliphatic heterocycles.